The molecule has 0 bridgehead atoms. The fourth-order valence-electron chi connectivity index (χ4n) is 3.34. The molecule has 4 nitrogen and oxygen atoms in total. The van der Waals surface area contributed by atoms with Crippen molar-refractivity contribution in [2.75, 3.05) is 33.2 Å². The van der Waals surface area contributed by atoms with E-state index in [0.717, 1.165) is 38.9 Å². The minimum atomic E-state index is 0. The van der Waals surface area contributed by atoms with Gasteiger partial charge in [-0.05, 0) is 45.2 Å². The van der Waals surface area contributed by atoms with Crippen LogP contribution in [-0.2, 0) is 4.79 Å². The minimum Gasteiger partial charge on any atom is -0.343 e. The van der Waals surface area contributed by atoms with E-state index in [4.69, 9.17) is 0 Å². The number of carbonyl (C=O) groups is 1. The zero-order chi connectivity index (χ0) is 13.7. The molecule has 0 radical (unpaired) electrons. The van der Waals surface area contributed by atoms with Crippen molar-refractivity contribution in [2.45, 2.75) is 57.5 Å². The van der Waals surface area contributed by atoms with Crippen molar-refractivity contribution in [1.82, 2.24) is 15.1 Å². The maximum Gasteiger partial charge on any atom is 0.224 e. The number of piperidine rings is 1. The van der Waals surface area contributed by atoms with Crippen LogP contribution in [0.4, 0.5) is 0 Å². The second kappa shape index (κ2) is 10.7. The van der Waals surface area contributed by atoms with Gasteiger partial charge in [0.05, 0.1) is 0 Å². The average Bonchev–Trinajstić information content (AvgIpc) is 2.92. The molecule has 1 N–H and O–H groups in total. The number of amides is 1. The van der Waals surface area contributed by atoms with Gasteiger partial charge in [-0.3, -0.25) is 4.79 Å². The molecule has 2 aliphatic rings. The number of nitrogens with one attached hydrogen (secondary N) is 1. The van der Waals surface area contributed by atoms with Gasteiger partial charge in [0.15, 0.2) is 0 Å². The SMILES string of the molecule is CCCN1CCC(N(C)C(=O)CC2CCCN2)CC1.Cl.Cl. The summed E-state index contributed by atoms with van der Waals surface area (Å²) in [5.74, 6) is 0.327. The van der Waals surface area contributed by atoms with Gasteiger partial charge in [-0.2, -0.15) is 0 Å². The summed E-state index contributed by atoms with van der Waals surface area (Å²) in [7, 11) is 2.00. The van der Waals surface area contributed by atoms with E-state index in [1.54, 1.807) is 0 Å². The number of nitrogens with zero attached hydrogens (tertiary/aromatic N) is 2. The lowest BCUT2D eigenvalue weighted by Gasteiger charge is -2.37. The Morgan fingerprint density at radius 2 is 1.90 bits per heavy atom. The summed E-state index contributed by atoms with van der Waals surface area (Å²) in [5, 5.41) is 3.41. The topological polar surface area (TPSA) is 35.6 Å². The molecular formula is C15H31Cl2N3O. The van der Waals surface area contributed by atoms with E-state index in [1.165, 1.54) is 19.4 Å². The number of likely N-dealkylation sites (tertiary alicyclic amines) is 1. The predicted molar refractivity (Wildman–Crippen MR) is 92.7 cm³/mol. The standard InChI is InChI=1S/C15H29N3O.2ClH/c1-3-9-18-10-6-14(7-11-18)17(2)15(19)12-13-5-4-8-16-13;;/h13-14,16H,3-12H2,1-2H3;2*1H. The average molecular weight is 340 g/mol. The molecule has 1 atom stereocenters. The molecule has 2 saturated heterocycles. The summed E-state index contributed by atoms with van der Waals surface area (Å²) in [6.07, 6.45) is 6.57. The first kappa shape index (κ1) is 21.0. The number of hydrogen-bond donors (Lipinski definition) is 1. The first-order valence-corrected chi connectivity index (χ1v) is 7.92. The van der Waals surface area contributed by atoms with Crippen molar-refractivity contribution in [3.05, 3.63) is 0 Å². The van der Waals surface area contributed by atoms with E-state index in [0.29, 0.717) is 24.4 Å². The number of carbonyl (C=O) groups excluding carboxylic acids is 1. The molecule has 0 aromatic carbocycles. The van der Waals surface area contributed by atoms with Crippen LogP contribution in [0.15, 0.2) is 0 Å². The molecule has 2 heterocycles. The van der Waals surface area contributed by atoms with Gasteiger partial charge in [-0.15, -0.1) is 24.8 Å². The summed E-state index contributed by atoms with van der Waals surface area (Å²) in [5.41, 5.74) is 0. The highest BCUT2D eigenvalue weighted by Gasteiger charge is 2.27. The molecule has 2 fully saturated rings. The molecule has 126 valence electrons. The van der Waals surface area contributed by atoms with E-state index in [1.807, 2.05) is 11.9 Å². The van der Waals surface area contributed by atoms with Crippen LogP contribution in [0.1, 0.15) is 45.4 Å². The van der Waals surface area contributed by atoms with Crippen LogP contribution in [0.2, 0.25) is 0 Å². The summed E-state index contributed by atoms with van der Waals surface area (Å²) < 4.78 is 0. The Labute approximate surface area is 141 Å². The van der Waals surface area contributed by atoms with E-state index < -0.39 is 0 Å². The molecular weight excluding hydrogens is 309 g/mol. The molecule has 2 aliphatic heterocycles. The van der Waals surface area contributed by atoms with E-state index >= 15 is 0 Å². The summed E-state index contributed by atoms with van der Waals surface area (Å²) >= 11 is 0. The van der Waals surface area contributed by atoms with E-state index in [9.17, 15) is 4.79 Å². The largest absolute Gasteiger partial charge is 0.343 e. The van der Waals surface area contributed by atoms with Crippen molar-refractivity contribution in [3.8, 4) is 0 Å². The molecule has 0 aliphatic carbocycles. The van der Waals surface area contributed by atoms with Gasteiger partial charge in [-0.25, -0.2) is 0 Å². The molecule has 0 aromatic rings. The third kappa shape index (κ3) is 6.31. The van der Waals surface area contributed by atoms with Gasteiger partial charge in [-0.1, -0.05) is 6.92 Å². The molecule has 0 saturated carbocycles. The Morgan fingerprint density at radius 3 is 2.43 bits per heavy atom. The number of halogens is 2. The highest BCUT2D eigenvalue weighted by atomic mass is 35.5. The summed E-state index contributed by atoms with van der Waals surface area (Å²) in [6, 6.07) is 0.886. The maximum absolute atomic E-state index is 12.3. The molecule has 1 amide bonds. The molecule has 0 spiro atoms. The van der Waals surface area contributed by atoms with Gasteiger partial charge in [0, 0.05) is 38.6 Å². The Hall–Kier alpha value is -0.0300. The first-order valence-electron chi connectivity index (χ1n) is 7.92. The third-order valence-electron chi connectivity index (χ3n) is 4.62. The van der Waals surface area contributed by atoms with Gasteiger partial charge >= 0.3 is 0 Å². The van der Waals surface area contributed by atoms with Crippen molar-refractivity contribution in [1.29, 1.82) is 0 Å². The second-order valence-electron chi connectivity index (χ2n) is 6.07. The molecule has 0 aromatic heterocycles. The van der Waals surface area contributed by atoms with E-state index in [-0.39, 0.29) is 24.8 Å². The Kier molecular flexibility index (Phi) is 10.6. The van der Waals surface area contributed by atoms with E-state index in [2.05, 4.69) is 17.1 Å². The highest BCUT2D eigenvalue weighted by molar-refractivity contribution is 5.85. The van der Waals surface area contributed by atoms with Crippen LogP contribution in [0.3, 0.4) is 0 Å². The minimum absolute atomic E-state index is 0. The normalized spacial score (nSPS) is 23.2. The maximum atomic E-state index is 12.3. The van der Waals surface area contributed by atoms with Crippen LogP contribution in [0.5, 0.6) is 0 Å². The van der Waals surface area contributed by atoms with Crippen LogP contribution in [0.25, 0.3) is 0 Å². The monoisotopic (exact) mass is 339 g/mol. The molecule has 21 heavy (non-hydrogen) atoms. The Bertz CT molecular complexity index is 291. The van der Waals surface area contributed by atoms with Crippen LogP contribution >= 0.6 is 24.8 Å². The van der Waals surface area contributed by atoms with Crippen molar-refractivity contribution >= 4 is 30.7 Å². The van der Waals surface area contributed by atoms with Gasteiger partial charge in [0.1, 0.15) is 0 Å². The lowest BCUT2D eigenvalue weighted by atomic mass is 10.0. The van der Waals surface area contributed by atoms with Crippen molar-refractivity contribution < 1.29 is 4.79 Å². The number of rotatable bonds is 5. The summed E-state index contributed by atoms with van der Waals surface area (Å²) in [4.78, 5) is 16.8. The van der Waals surface area contributed by atoms with Gasteiger partial charge < -0.3 is 15.1 Å². The molecule has 1 unspecified atom stereocenters. The Balaban J connectivity index is 0.00000200. The Morgan fingerprint density at radius 1 is 1.24 bits per heavy atom. The smallest absolute Gasteiger partial charge is 0.224 e. The van der Waals surface area contributed by atoms with Crippen LogP contribution in [0, 0.1) is 0 Å². The fraction of sp³-hybridized carbons (Fsp3) is 0.933. The summed E-state index contributed by atoms with van der Waals surface area (Å²) in [6.45, 7) is 6.82. The van der Waals surface area contributed by atoms with Gasteiger partial charge in [0.2, 0.25) is 5.91 Å². The quantitative estimate of drug-likeness (QED) is 0.834. The zero-order valence-corrected chi connectivity index (χ0v) is 15.0. The highest BCUT2D eigenvalue weighted by Crippen LogP contribution is 2.18. The lowest BCUT2D eigenvalue weighted by molar-refractivity contribution is -0.133. The number of hydrogen-bond acceptors (Lipinski definition) is 3. The predicted octanol–water partition coefficient (Wildman–Crippen LogP) is 2.30. The molecule has 2 rings (SSSR count). The lowest BCUT2D eigenvalue weighted by Crippen LogP contribution is -2.46. The third-order valence-corrected chi connectivity index (χ3v) is 4.62. The van der Waals surface area contributed by atoms with Crippen LogP contribution < -0.4 is 5.32 Å². The van der Waals surface area contributed by atoms with Gasteiger partial charge in [0.25, 0.3) is 0 Å². The zero-order valence-electron chi connectivity index (χ0n) is 13.3. The van der Waals surface area contributed by atoms with Crippen LogP contribution in [-0.4, -0.2) is 61.0 Å². The second-order valence-corrected chi connectivity index (χ2v) is 6.07. The fourth-order valence-corrected chi connectivity index (χ4v) is 3.34. The molecule has 6 heteroatoms. The van der Waals surface area contributed by atoms with Crippen molar-refractivity contribution in [3.63, 3.8) is 0 Å². The van der Waals surface area contributed by atoms with Crippen molar-refractivity contribution in [2.24, 2.45) is 0 Å². The first-order chi connectivity index (χ1) is 9.20.